The molecule has 4 aliphatic rings. The Labute approximate surface area is 827 Å². The summed E-state index contributed by atoms with van der Waals surface area (Å²) < 4.78 is 0. The lowest BCUT2D eigenvalue weighted by Crippen LogP contribution is -2.18. The van der Waals surface area contributed by atoms with Crippen molar-refractivity contribution < 1.29 is 0 Å². The van der Waals surface area contributed by atoms with Crippen LogP contribution in [0.4, 0.5) is 77.6 Å². The highest BCUT2D eigenvalue weighted by Gasteiger charge is 2.41. The third-order valence-corrected chi connectivity index (χ3v) is 30.8. The van der Waals surface area contributed by atoms with E-state index in [9.17, 15) is 0 Å². The number of rotatable bonds is 14. The maximum absolute atomic E-state index is 2.45. The molecule has 0 bridgehead atoms. The number of hydrogen-bond acceptors (Lipinski definition) is 9. The fourth-order valence-corrected chi connectivity index (χ4v) is 22.4. The van der Waals surface area contributed by atoms with E-state index in [1.807, 2.05) is 48.1 Å². The van der Waals surface area contributed by atoms with Gasteiger partial charge in [-0.05, 0) is 328 Å². The van der Waals surface area contributed by atoms with E-state index in [2.05, 4.69) is 544 Å². The number of hydrogen-bond donors (Lipinski definition) is 0. The van der Waals surface area contributed by atoms with Crippen LogP contribution in [0, 0.1) is 69.2 Å². The highest BCUT2D eigenvalue weighted by molar-refractivity contribution is 7.16. The molecular formula is C128H128N6S3. The second-order valence-corrected chi connectivity index (χ2v) is 43.5. The van der Waals surface area contributed by atoms with Crippen LogP contribution < -0.4 is 29.4 Å². The fourth-order valence-electron chi connectivity index (χ4n) is 19.8. The maximum Gasteiger partial charge on any atom is 0.100 e. The average molecular weight is 1850 g/mol. The van der Waals surface area contributed by atoms with E-state index in [0.717, 1.165) is 0 Å². The van der Waals surface area contributed by atoms with Gasteiger partial charge in [0.1, 0.15) is 10.0 Å². The summed E-state index contributed by atoms with van der Waals surface area (Å²) in [6, 6.07) is 138. The van der Waals surface area contributed by atoms with Crippen LogP contribution in [0.15, 0.2) is 376 Å². The molecule has 0 radical (unpaired) electrons. The molecule has 0 aliphatic heterocycles. The predicted molar refractivity (Wildman–Crippen MR) is 597 cm³/mol. The quantitative estimate of drug-likeness (QED) is 0.107. The third kappa shape index (κ3) is 19.7. The first-order valence-electron chi connectivity index (χ1n) is 47.9. The molecule has 0 amide bonds. The second kappa shape index (κ2) is 39.5. The SMILES string of the molecule is Cc1ccc(N(C)C)cc1.Cc1ccc(N(C)C)s1.Cc1ccc(N(c2ccc(C)cc2)c2ccc(C)cc2)cc1.Cc1ccc(N(c2ccc(C)cc2)c2ccc(C)s2)cc1.Cc1ccc(N(c2ccc3c(c2)C(C)(C)c2ccccc2-3)c2ccc3c(c2)C(C)(C)c2ccccc2-3)cc1.Cc1ccc(N(c2ccc3c(c2)C(C)(C)c2ccccc2-3)c2ccc3c(c2)C(C)(C)c2ccccc2-3)s1. The summed E-state index contributed by atoms with van der Waals surface area (Å²) in [5.74, 6) is 0. The van der Waals surface area contributed by atoms with Crippen molar-refractivity contribution in [1.29, 1.82) is 0 Å². The lowest BCUT2D eigenvalue weighted by molar-refractivity contribution is 0.659. The van der Waals surface area contributed by atoms with Crippen molar-refractivity contribution in [2.45, 2.75) is 146 Å². The minimum absolute atomic E-state index is 0.0272. The molecule has 688 valence electrons. The van der Waals surface area contributed by atoms with Crippen molar-refractivity contribution in [2.75, 3.05) is 57.6 Å². The Bertz CT molecular complexity index is 6940. The zero-order valence-corrected chi connectivity index (χ0v) is 86.2. The Morgan fingerprint density at radius 2 is 0.343 bits per heavy atom. The number of aryl methyl sites for hydroxylation is 10. The van der Waals surface area contributed by atoms with Crippen molar-refractivity contribution in [3.05, 3.63) is 474 Å². The van der Waals surface area contributed by atoms with Crippen molar-refractivity contribution in [2.24, 2.45) is 0 Å². The number of nitrogens with zero attached hydrogens (tertiary/aromatic N) is 6. The second-order valence-electron chi connectivity index (χ2n) is 39.7. The molecule has 18 aromatic rings. The summed E-state index contributed by atoms with van der Waals surface area (Å²) in [5.41, 5.74) is 44.1. The van der Waals surface area contributed by atoms with Crippen LogP contribution in [-0.4, -0.2) is 28.2 Å². The van der Waals surface area contributed by atoms with Gasteiger partial charge >= 0.3 is 0 Å². The molecule has 0 N–H and O–H groups in total. The minimum atomic E-state index is -0.0392. The summed E-state index contributed by atoms with van der Waals surface area (Å²) in [6.45, 7) is 40.1. The van der Waals surface area contributed by atoms with Crippen LogP contribution >= 0.6 is 34.0 Å². The zero-order chi connectivity index (χ0) is 96.5. The molecule has 3 aromatic heterocycles. The van der Waals surface area contributed by atoms with Gasteiger partial charge in [-0.2, -0.15) is 0 Å². The minimum Gasteiger partial charge on any atom is -0.378 e. The molecule has 15 aromatic carbocycles. The molecule has 22 rings (SSSR count). The van der Waals surface area contributed by atoms with Gasteiger partial charge in [-0.1, -0.05) is 301 Å². The maximum atomic E-state index is 2.45. The molecule has 0 spiro atoms. The number of thiophene rings is 3. The first-order valence-corrected chi connectivity index (χ1v) is 50.3. The first kappa shape index (κ1) is 94.9. The van der Waals surface area contributed by atoms with Gasteiger partial charge < -0.3 is 29.4 Å². The van der Waals surface area contributed by atoms with E-state index < -0.39 is 0 Å². The Hall–Kier alpha value is -13.8. The van der Waals surface area contributed by atoms with Gasteiger partial charge in [0.2, 0.25) is 0 Å². The summed E-state index contributed by atoms with van der Waals surface area (Å²) in [5, 5.41) is 3.83. The molecular weight excluding hydrogens is 1720 g/mol. The smallest absolute Gasteiger partial charge is 0.100 e. The number of fused-ring (bicyclic) bond motifs is 12. The standard InChI is InChI=1S/C37H33N.C35H31NS.C21H21N.C19H19NS.C9H13N.C7H11NS/c1-24-14-16-25(17-15-24)38(26-18-20-30-28-10-6-8-12-32(28)36(2,3)34(30)22-26)27-19-21-31-29-11-7-9-13-33(29)37(4,5)35(31)23-27;1-22-14-19-33(37-22)36(23-15-17-27-25-10-6-8-12-29(25)34(2,3)31(27)20-23)24-16-18-28-26-11-7-9-13-30(26)35(4,5)32(28)21-24;1-16-4-10-19(11-5-16)22(20-12-6-17(2)7-13-20)21-14-8-18(3)9-15-21;1-14-4-9-17(10-5-14)20(19-13-8-16(3)21-19)18-11-6-15(2)7-12-18;1-8-4-6-9(7-5-8)10(2)3;1-6-4-5-7(9-6)8(2)3/h6-23H,1-5H3;6-21H,1-5H3;4-15H,1-3H3;4-13H,1-3H3;4-7H,1-3H3;4-5H,1-3H3. The molecule has 4 aliphatic carbocycles. The molecule has 0 saturated heterocycles. The van der Waals surface area contributed by atoms with Crippen molar-refractivity contribution in [1.82, 2.24) is 0 Å². The van der Waals surface area contributed by atoms with Gasteiger partial charge in [0.25, 0.3) is 0 Å². The Kier molecular flexibility index (Phi) is 27.4. The van der Waals surface area contributed by atoms with Crippen LogP contribution in [0.2, 0.25) is 0 Å². The van der Waals surface area contributed by atoms with Crippen LogP contribution in [0.1, 0.15) is 153 Å². The van der Waals surface area contributed by atoms with E-state index in [1.54, 1.807) is 0 Å². The van der Waals surface area contributed by atoms with Crippen LogP contribution in [0.5, 0.6) is 0 Å². The molecule has 0 atom stereocenters. The van der Waals surface area contributed by atoms with E-state index in [4.69, 9.17) is 0 Å². The first-order chi connectivity index (χ1) is 65.7. The number of anilines is 14. The predicted octanol–water partition coefficient (Wildman–Crippen LogP) is 36.6. The van der Waals surface area contributed by atoms with Gasteiger partial charge in [-0.15, -0.1) is 34.0 Å². The van der Waals surface area contributed by atoms with Crippen LogP contribution in [0.3, 0.4) is 0 Å². The molecule has 9 heteroatoms. The Morgan fingerprint density at radius 1 is 0.161 bits per heavy atom. The Morgan fingerprint density at radius 3 is 0.555 bits per heavy atom. The van der Waals surface area contributed by atoms with E-state index in [0.29, 0.717) is 0 Å². The largest absolute Gasteiger partial charge is 0.378 e. The number of benzene rings is 15. The molecule has 0 fully saturated rings. The van der Waals surface area contributed by atoms with E-state index >= 15 is 0 Å². The topological polar surface area (TPSA) is 19.4 Å². The van der Waals surface area contributed by atoms with Crippen molar-refractivity contribution in [3.63, 3.8) is 0 Å². The molecule has 0 saturated carbocycles. The van der Waals surface area contributed by atoms with Gasteiger partial charge in [0.15, 0.2) is 0 Å². The van der Waals surface area contributed by atoms with Gasteiger partial charge in [-0.3, -0.25) is 0 Å². The third-order valence-electron chi connectivity index (χ3n) is 27.7. The van der Waals surface area contributed by atoms with E-state index in [1.165, 1.54) is 220 Å². The van der Waals surface area contributed by atoms with Crippen LogP contribution in [-0.2, 0) is 21.7 Å². The van der Waals surface area contributed by atoms with Crippen molar-refractivity contribution in [3.8, 4) is 44.5 Å². The molecule has 137 heavy (non-hydrogen) atoms. The van der Waals surface area contributed by atoms with Gasteiger partial charge in [-0.25, -0.2) is 0 Å². The highest BCUT2D eigenvalue weighted by atomic mass is 32.1. The van der Waals surface area contributed by atoms with Gasteiger partial charge in [0.05, 0.1) is 5.00 Å². The molecule has 0 unspecified atom stereocenters. The normalized spacial score (nSPS) is 13.1. The lowest BCUT2D eigenvalue weighted by Gasteiger charge is -2.29. The van der Waals surface area contributed by atoms with Crippen LogP contribution in [0.25, 0.3) is 44.5 Å². The Balaban J connectivity index is 0.000000122. The molecule has 3 heterocycles. The lowest BCUT2D eigenvalue weighted by atomic mass is 9.82. The molecule has 6 nitrogen and oxygen atoms in total. The van der Waals surface area contributed by atoms with Gasteiger partial charge in [0, 0.05) is 127 Å². The summed E-state index contributed by atoms with van der Waals surface area (Å²) in [7, 11) is 8.21. The average Bonchev–Trinajstić information content (AvgIpc) is 1.58. The fraction of sp³-hybridized carbons (Fsp3) is 0.203. The summed E-state index contributed by atoms with van der Waals surface area (Å²) in [6.07, 6.45) is 0. The van der Waals surface area contributed by atoms with E-state index in [-0.39, 0.29) is 21.7 Å². The monoisotopic (exact) mass is 1840 g/mol. The summed E-state index contributed by atoms with van der Waals surface area (Å²) in [4.78, 5) is 17.7. The summed E-state index contributed by atoms with van der Waals surface area (Å²) >= 11 is 5.49. The zero-order valence-electron chi connectivity index (χ0n) is 83.7. The van der Waals surface area contributed by atoms with Crippen molar-refractivity contribution >= 4 is 112 Å². The highest BCUT2D eigenvalue weighted by Crippen LogP contribution is 2.57.